The van der Waals surface area contributed by atoms with Crippen LogP contribution in [0.2, 0.25) is 0 Å². The highest BCUT2D eigenvalue weighted by Gasteiger charge is 2.27. The number of carboxylic acid groups (broad SMARTS) is 2. The summed E-state index contributed by atoms with van der Waals surface area (Å²) in [5.74, 6) is -3.71. The van der Waals surface area contributed by atoms with Crippen LogP contribution in [0.3, 0.4) is 0 Å². The molecule has 0 aromatic heterocycles. The van der Waals surface area contributed by atoms with Crippen LogP contribution >= 0.6 is 11.8 Å². The summed E-state index contributed by atoms with van der Waals surface area (Å²) in [5.41, 5.74) is 5.72. The maximum absolute atomic E-state index is 12.5. The van der Waals surface area contributed by atoms with Gasteiger partial charge in [0.2, 0.25) is 17.7 Å². The van der Waals surface area contributed by atoms with Gasteiger partial charge in [0.15, 0.2) is 0 Å². The molecule has 3 amide bonds. The quantitative estimate of drug-likeness (QED) is 0.185. The maximum Gasteiger partial charge on any atom is 0.326 e. The van der Waals surface area contributed by atoms with E-state index < -0.39 is 54.2 Å². The van der Waals surface area contributed by atoms with E-state index in [1.165, 1.54) is 0 Å². The van der Waals surface area contributed by atoms with Gasteiger partial charge in [0, 0.05) is 6.42 Å². The fraction of sp³-hybridized carbons (Fsp3) is 0.722. The molecule has 0 bridgehead atoms. The molecule has 0 saturated carbocycles. The standard InChI is InChI=1S/C18H32N4O7S/c1-10(2)8-13(17(27)22-12(18(28)29)4-5-15(24)25)21-14(23)9-20-16(26)11(19)6-7-30-3/h10-13H,4-9,19H2,1-3H3,(H,20,26)(H,21,23)(H,22,27)(H,24,25)(H,28,29). The fourth-order valence-corrected chi connectivity index (χ4v) is 2.91. The lowest BCUT2D eigenvalue weighted by Crippen LogP contribution is -2.54. The van der Waals surface area contributed by atoms with Crippen molar-refractivity contribution in [1.29, 1.82) is 0 Å². The highest BCUT2D eigenvalue weighted by molar-refractivity contribution is 7.98. The summed E-state index contributed by atoms with van der Waals surface area (Å²) in [4.78, 5) is 58.5. The molecule has 0 spiro atoms. The summed E-state index contributed by atoms with van der Waals surface area (Å²) in [6.07, 6.45) is 1.85. The third-order valence-electron chi connectivity index (χ3n) is 4.01. The van der Waals surface area contributed by atoms with Crippen LogP contribution in [-0.2, 0) is 24.0 Å². The smallest absolute Gasteiger partial charge is 0.326 e. The number of carboxylic acids is 2. The summed E-state index contributed by atoms with van der Waals surface area (Å²) >= 11 is 1.54. The van der Waals surface area contributed by atoms with Crippen molar-refractivity contribution in [2.24, 2.45) is 11.7 Å². The lowest BCUT2D eigenvalue weighted by molar-refractivity contribution is -0.143. The first kappa shape index (κ1) is 27.7. The SMILES string of the molecule is CSCCC(N)C(=O)NCC(=O)NC(CC(C)C)C(=O)NC(CCC(=O)O)C(=O)O. The van der Waals surface area contributed by atoms with E-state index in [2.05, 4.69) is 16.0 Å². The lowest BCUT2D eigenvalue weighted by atomic mass is 10.0. The van der Waals surface area contributed by atoms with Gasteiger partial charge in [0.1, 0.15) is 12.1 Å². The Hall–Kier alpha value is -2.34. The molecule has 0 rings (SSSR count). The Morgan fingerprint density at radius 2 is 1.60 bits per heavy atom. The number of carbonyl (C=O) groups is 5. The first-order valence-corrected chi connectivity index (χ1v) is 10.9. The Bertz CT molecular complexity index is 615. The van der Waals surface area contributed by atoms with Crippen molar-refractivity contribution in [1.82, 2.24) is 16.0 Å². The van der Waals surface area contributed by atoms with Gasteiger partial charge in [0.25, 0.3) is 0 Å². The number of carbonyl (C=O) groups excluding carboxylic acids is 3. The van der Waals surface area contributed by atoms with Gasteiger partial charge < -0.3 is 31.9 Å². The van der Waals surface area contributed by atoms with E-state index in [0.29, 0.717) is 12.2 Å². The topological polar surface area (TPSA) is 188 Å². The first-order valence-electron chi connectivity index (χ1n) is 9.54. The molecule has 12 heteroatoms. The number of amides is 3. The minimum absolute atomic E-state index is 0.00194. The molecule has 0 saturated heterocycles. The molecular weight excluding hydrogens is 416 g/mol. The molecule has 0 fully saturated rings. The van der Waals surface area contributed by atoms with E-state index in [0.717, 1.165) is 0 Å². The van der Waals surface area contributed by atoms with Gasteiger partial charge in [-0.15, -0.1) is 0 Å². The normalized spacial score (nSPS) is 13.8. The molecule has 7 N–H and O–H groups in total. The van der Waals surface area contributed by atoms with Crippen LogP contribution in [0.1, 0.15) is 39.5 Å². The van der Waals surface area contributed by atoms with Gasteiger partial charge in [-0.05, 0) is 37.2 Å². The zero-order chi connectivity index (χ0) is 23.3. The second-order valence-electron chi connectivity index (χ2n) is 7.19. The predicted molar refractivity (Wildman–Crippen MR) is 112 cm³/mol. The zero-order valence-corrected chi connectivity index (χ0v) is 18.3. The Labute approximate surface area is 179 Å². The van der Waals surface area contributed by atoms with E-state index in [4.69, 9.17) is 10.8 Å². The summed E-state index contributed by atoms with van der Waals surface area (Å²) in [5, 5.41) is 25.0. The van der Waals surface area contributed by atoms with Crippen LogP contribution in [0.15, 0.2) is 0 Å². The number of hydrogen-bond donors (Lipinski definition) is 6. The second-order valence-corrected chi connectivity index (χ2v) is 8.17. The van der Waals surface area contributed by atoms with Crippen LogP contribution in [0.4, 0.5) is 0 Å². The van der Waals surface area contributed by atoms with Crippen molar-refractivity contribution >= 4 is 41.4 Å². The van der Waals surface area contributed by atoms with Gasteiger partial charge >= 0.3 is 11.9 Å². The van der Waals surface area contributed by atoms with Crippen LogP contribution in [0.5, 0.6) is 0 Å². The van der Waals surface area contributed by atoms with Crippen molar-refractivity contribution in [2.45, 2.75) is 57.7 Å². The van der Waals surface area contributed by atoms with Crippen molar-refractivity contribution < 1.29 is 34.2 Å². The predicted octanol–water partition coefficient (Wildman–Crippen LogP) is -0.852. The van der Waals surface area contributed by atoms with Gasteiger partial charge in [-0.25, -0.2) is 4.79 Å². The Balaban J connectivity index is 4.86. The fourth-order valence-electron chi connectivity index (χ4n) is 2.42. The first-order chi connectivity index (χ1) is 14.0. The van der Waals surface area contributed by atoms with Gasteiger partial charge in [-0.1, -0.05) is 13.8 Å². The van der Waals surface area contributed by atoms with E-state index in [1.807, 2.05) is 20.1 Å². The van der Waals surface area contributed by atoms with Crippen LogP contribution in [-0.4, -0.2) is 76.6 Å². The number of aliphatic carboxylic acids is 2. The minimum atomic E-state index is -1.39. The van der Waals surface area contributed by atoms with Gasteiger partial charge in [-0.2, -0.15) is 11.8 Å². The van der Waals surface area contributed by atoms with Crippen LogP contribution < -0.4 is 21.7 Å². The second kappa shape index (κ2) is 14.6. The average molecular weight is 449 g/mol. The summed E-state index contributed by atoms with van der Waals surface area (Å²) in [7, 11) is 0. The molecule has 0 aliphatic carbocycles. The summed E-state index contributed by atoms with van der Waals surface area (Å²) in [6.45, 7) is 3.26. The largest absolute Gasteiger partial charge is 0.481 e. The number of hydrogen-bond acceptors (Lipinski definition) is 7. The summed E-state index contributed by atoms with van der Waals surface area (Å²) in [6, 6.07) is -3.17. The van der Waals surface area contributed by atoms with Crippen molar-refractivity contribution in [3.05, 3.63) is 0 Å². The molecule has 0 aliphatic heterocycles. The van der Waals surface area contributed by atoms with Gasteiger partial charge in [0.05, 0.1) is 12.6 Å². The van der Waals surface area contributed by atoms with Crippen molar-refractivity contribution in [3.8, 4) is 0 Å². The number of rotatable bonds is 15. The van der Waals surface area contributed by atoms with Crippen molar-refractivity contribution in [3.63, 3.8) is 0 Å². The average Bonchev–Trinajstić information content (AvgIpc) is 2.65. The maximum atomic E-state index is 12.5. The molecule has 0 aliphatic rings. The van der Waals surface area contributed by atoms with E-state index in [1.54, 1.807) is 11.8 Å². The van der Waals surface area contributed by atoms with Crippen molar-refractivity contribution in [2.75, 3.05) is 18.6 Å². The molecule has 0 radical (unpaired) electrons. The Morgan fingerprint density at radius 3 is 2.10 bits per heavy atom. The molecule has 3 atom stereocenters. The Morgan fingerprint density at radius 1 is 0.967 bits per heavy atom. The molecule has 172 valence electrons. The highest BCUT2D eigenvalue weighted by atomic mass is 32.2. The van der Waals surface area contributed by atoms with Crippen LogP contribution in [0.25, 0.3) is 0 Å². The molecular formula is C18H32N4O7S. The molecule has 3 unspecified atom stereocenters. The number of thioether (sulfide) groups is 1. The Kier molecular flexibility index (Phi) is 13.5. The number of nitrogens with two attached hydrogens (primary N) is 1. The lowest BCUT2D eigenvalue weighted by Gasteiger charge is -2.23. The van der Waals surface area contributed by atoms with E-state index >= 15 is 0 Å². The summed E-state index contributed by atoms with van der Waals surface area (Å²) < 4.78 is 0. The number of nitrogens with one attached hydrogen (secondary N) is 3. The molecule has 0 aromatic rings. The highest BCUT2D eigenvalue weighted by Crippen LogP contribution is 2.07. The van der Waals surface area contributed by atoms with E-state index in [-0.39, 0.29) is 25.3 Å². The third-order valence-corrected chi connectivity index (χ3v) is 4.66. The van der Waals surface area contributed by atoms with Crippen LogP contribution in [0, 0.1) is 5.92 Å². The van der Waals surface area contributed by atoms with E-state index in [9.17, 15) is 29.1 Å². The minimum Gasteiger partial charge on any atom is -0.481 e. The third kappa shape index (κ3) is 12.3. The van der Waals surface area contributed by atoms with Gasteiger partial charge in [-0.3, -0.25) is 19.2 Å². The molecule has 11 nitrogen and oxygen atoms in total. The molecule has 30 heavy (non-hydrogen) atoms. The zero-order valence-electron chi connectivity index (χ0n) is 17.5. The molecule has 0 aromatic carbocycles. The molecule has 0 heterocycles. The monoisotopic (exact) mass is 448 g/mol.